The highest BCUT2D eigenvalue weighted by molar-refractivity contribution is 5.83. The van der Waals surface area contributed by atoms with Gasteiger partial charge in [-0.05, 0) is 33.2 Å². The van der Waals surface area contributed by atoms with Crippen molar-refractivity contribution in [3.63, 3.8) is 0 Å². The number of likely N-dealkylation sites (N-methyl/N-ethyl adjacent to an activating group) is 2. The van der Waals surface area contributed by atoms with Crippen LogP contribution in [0.5, 0.6) is 0 Å². The van der Waals surface area contributed by atoms with Crippen LogP contribution >= 0.6 is 0 Å². The predicted molar refractivity (Wildman–Crippen MR) is 69.1 cm³/mol. The first-order valence-corrected chi connectivity index (χ1v) is 6.31. The van der Waals surface area contributed by atoms with Crippen molar-refractivity contribution in [1.29, 1.82) is 0 Å². The van der Waals surface area contributed by atoms with Gasteiger partial charge in [-0.2, -0.15) is 0 Å². The highest BCUT2D eigenvalue weighted by Crippen LogP contribution is 2.18. The quantitative estimate of drug-likeness (QED) is 0.848. The van der Waals surface area contributed by atoms with E-state index >= 15 is 0 Å². The molecule has 0 saturated carbocycles. The molecule has 0 aliphatic carbocycles. The molecule has 18 heavy (non-hydrogen) atoms. The van der Waals surface area contributed by atoms with Crippen LogP contribution in [-0.4, -0.2) is 55.0 Å². The van der Waals surface area contributed by atoms with Gasteiger partial charge in [0.25, 0.3) is 0 Å². The molecular weight excluding hydrogens is 230 g/mol. The maximum atomic E-state index is 12.5. The van der Waals surface area contributed by atoms with Gasteiger partial charge in [0.15, 0.2) is 0 Å². The monoisotopic (exact) mass is 251 g/mol. The van der Waals surface area contributed by atoms with Crippen molar-refractivity contribution < 1.29 is 9.21 Å². The van der Waals surface area contributed by atoms with Crippen molar-refractivity contribution in [1.82, 2.24) is 15.1 Å². The lowest BCUT2D eigenvalue weighted by Gasteiger charge is -2.42. The van der Waals surface area contributed by atoms with Crippen LogP contribution in [0.3, 0.4) is 0 Å². The standard InChI is InChI=1S/C13H21N3O2/c1-10-8-15(3)12(7-14-2)13(17)16(10)9-11-5-4-6-18-11/h4-6,10,12,14H,7-9H2,1-3H3. The van der Waals surface area contributed by atoms with Crippen molar-refractivity contribution in [3.05, 3.63) is 24.2 Å². The Balaban J connectivity index is 2.10. The smallest absolute Gasteiger partial charge is 0.241 e. The third kappa shape index (κ3) is 2.57. The number of furan rings is 1. The molecule has 0 aromatic carbocycles. The lowest BCUT2D eigenvalue weighted by Crippen LogP contribution is -2.61. The van der Waals surface area contributed by atoms with Gasteiger partial charge in [0.2, 0.25) is 5.91 Å². The first-order valence-electron chi connectivity index (χ1n) is 6.31. The predicted octanol–water partition coefficient (Wildman–Crippen LogP) is 0.530. The van der Waals surface area contributed by atoms with Gasteiger partial charge in [0.05, 0.1) is 12.8 Å². The van der Waals surface area contributed by atoms with Gasteiger partial charge in [-0.25, -0.2) is 0 Å². The Morgan fingerprint density at radius 3 is 2.94 bits per heavy atom. The summed E-state index contributed by atoms with van der Waals surface area (Å²) in [6.45, 7) is 4.20. The van der Waals surface area contributed by atoms with E-state index in [1.54, 1.807) is 6.26 Å². The van der Waals surface area contributed by atoms with Crippen molar-refractivity contribution in [2.24, 2.45) is 0 Å². The molecule has 0 radical (unpaired) electrons. The summed E-state index contributed by atoms with van der Waals surface area (Å²) in [6, 6.07) is 3.89. The number of carbonyl (C=O) groups is 1. The van der Waals surface area contributed by atoms with E-state index < -0.39 is 0 Å². The van der Waals surface area contributed by atoms with Crippen LogP contribution in [0.15, 0.2) is 22.8 Å². The van der Waals surface area contributed by atoms with E-state index in [-0.39, 0.29) is 18.0 Å². The fraction of sp³-hybridized carbons (Fsp3) is 0.615. The van der Waals surface area contributed by atoms with Gasteiger partial charge in [-0.15, -0.1) is 0 Å². The molecule has 1 aromatic rings. The number of hydrogen-bond acceptors (Lipinski definition) is 4. The summed E-state index contributed by atoms with van der Waals surface area (Å²) in [5.41, 5.74) is 0. The van der Waals surface area contributed by atoms with Crippen LogP contribution < -0.4 is 5.32 Å². The SMILES string of the molecule is CNCC1C(=O)N(Cc2ccco2)C(C)CN1C. The Hall–Kier alpha value is -1.33. The lowest BCUT2D eigenvalue weighted by atomic mass is 10.1. The van der Waals surface area contributed by atoms with Crippen LogP contribution in [0.1, 0.15) is 12.7 Å². The topological polar surface area (TPSA) is 48.7 Å². The number of amides is 1. The third-order valence-electron chi connectivity index (χ3n) is 3.49. The average Bonchev–Trinajstić information content (AvgIpc) is 2.83. The summed E-state index contributed by atoms with van der Waals surface area (Å²) in [7, 11) is 3.87. The van der Waals surface area contributed by atoms with E-state index in [1.165, 1.54) is 0 Å². The molecule has 1 N–H and O–H groups in total. The van der Waals surface area contributed by atoms with Crippen LogP contribution in [0.25, 0.3) is 0 Å². The largest absolute Gasteiger partial charge is 0.467 e. The number of piperazine rings is 1. The highest BCUT2D eigenvalue weighted by atomic mass is 16.3. The first kappa shape index (κ1) is 13.1. The minimum atomic E-state index is -0.0823. The average molecular weight is 251 g/mol. The Morgan fingerprint density at radius 2 is 2.33 bits per heavy atom. The number of nitrogens with zero attached hydrogens (tertiary/aromatic N) is 2. The molecule has 2 rings (SSSR count). The van der Waals surface area contributed by atoms with E-state index in [0.29, 0.717) is 13.1 Å². The summed E-state index contributed by atoms with van der Waals surface area (Å²) in [5.74, 6) is 1.00. The van der Waals surface area contributed by atoms with Gasteiger partial charge < -0.3 is 14.6 Å². The summed E-state index contributed by atoms with van der Waals surface area (Å²) in [5, 5.41) is 3.08. The molecule has 2 atom stereocenters. The first-order chi connectivity index (χ1) is 8.63. The molecule has 2 heterocycles. The molecule has 0 spiro atoms. The molecule has 5 heteroatoms. The van der Waals surface area contributed by atoms with Crippen LogP contribution in [-0.2, 0) is 11.3 Å². The maximum Gasteiger partial charge on any atom is 0.241 e. The molecule has 2 unspecified atom stereocenters. The van der Waals surface area contributed by atoms with E-state index in [0.717, 1.165) is 12.3 Å². The fourth-order valence-electron chi connectivity index (χ4n) is 2.48. The molecule has 1 saturated heterocycles. The molecule has 5 nitrogen and oxygen atoms in total. The van der Waals surface area contributed by atoms with Gasteiger partial charge >= 0.3 is 0 Å². The van der Waals surface area contributed by atoms with E-state index in [4.69, 9.17) is 4.42 Å². The number of rotatable bonds is 4. The minimum Gasteiger partial charge on any atom is -0.467 e. The number of hydrogen-bond donors (Lipinski definition) is 1. The van der Waals surface area contributed by atoms with E-state index in [2.05, 4.69) is 17.1 Å². The number of nitrogens with one attached hydrogen (secondary N) is 1. The van der Waals surface area contributed by atoms with Gasteiger partial charge in [0, 0.05) is 19.1 Å². The van der Waals surface area contributed by atoms with Crippen molar-refractivity contribution in [2.45, 2.75) is 25.6 Å². The van der Waals surface area contributed by atoms with Gasteiger partial charge in [-0.1, -0.05) is 0 Å². The van der Waals surface area contributed by atoms with Crippen LogP contribution in [0.2, 0.25) is 0 Å². The molecular formula is C13H21N3O2. The molecule has 1 aliphatic rings. The zero-order valence-electron chi connectivity index (χ0n) is 11.2. The maximum absolute atomic E-state index is 12.5. The summed E-state index contributed by atoms with van der Waals surface area (Å²) < 4.78 is 5.33. The van der Waals surface area contributed by atoms with Gasteiger partial charge in [0.1, 0.15) is 11.8 Å². The molecule has 100 valence electrons. The molecule has 1 aliphatic heterocycles. The Kier molecular flexibility index (Phi) is 4.04. The second-order valence-electron chi connectivity index (χ2n) is 4.91. The summed E-state index contributed by atoms with van der Waals surface area (Å²) >= 11 is 0. The second-order valence-corrected chi connectivity index (χ2v) is 4.91. The Morgan fingerprint density at radius 1 is 1.56 bits per heavy atom. The fourth-order valence-corrected chi connectivity index (χ4v) is 2.48. The zero-order chi connectivity index (χ0) is 13.1. The van der Waals surface area contributed by atoms with Crippen molar-refractivity contribution in [3.8, 4) is 0 Å². The molecule has 1 fully saturated rings. The third-order valence-corrected chi connectivity index (χ3v) is 3.49. The van der Waals surface area contributed by atoms with Crippen molar-refractivity contribution in [2.75, 3.05) is 27.2 Å². The Labute approximate surface area is 108 Å². The van der Waals surface area contributed by atoms with Crippen molar-refractivity contribution >= 4 is 5.91 Å². The summed E-state index contributed by atoms with van der Waals surface area (Å²) in [6.07, 6.45) is 1.64. The highest BCUT2D eigenvalue weighted by Gasteiger charge is 2.36. The van der Waals surface area contributed by atoms with E-state index in [1.807, 2.05) is 31.1 Å². The van der Waals surface area contributed by atoms with Crippen LogP contribution in [0.4, 0.5) is 0 Å². The molecule has 0 bridgehead atoms. The second kappa shape index (κ2) is 5.54. The minimum absolute atomic E-state index is 0.0823. The molecule has 1 amide bonds. The normalized spacial score (nSPS) is 25.7. The lowest BCUT2D eigenvalue weighted by molar-refractivity contribution is -0.145. The molecule has 1 aromatic heterocycles. The van der Waals surface area contributed by atoms with Crippen LogP contribution in [0, 0.1) is 0 Å². The van der Waals surface area contributed by atoms with Gasteiger partial charge in [-0.3, -0.25) is 9.69 Å². The van der Waals surface area contributed by atoms with E-state index in [9.17, 15) is 4.79 Å². The number of carbonyl (C=O) groups excluding carboxylic acids is 1. The Bertz CT molecular complexity index is 391. The zero-order valence-corrected chi connectivity index (χ0v) is 11.2. The summed E-state index contributed by atoms with van der Waals surface area (Å²) in [4.78, 5) is 16.5.